The van der Waals surface area contributed by atoms with Crippen molar-refractivity contribution >= 4 is 34.7 Å². The standard InChI is InChI=1S/C22H22FN5O3/c1-3-20(29)25-16-5-4-6-17(13-16)26-21-19(23)14-24-22(28-21)27-15-7-9-18(10-8-15)31-12-11-30-2/h3-10,13-14H,1,11-12H2,2H3,(H,25,29)(H2,24,26,27,28)/i2D3,5D,6D,11D2,12D2. The zero-order chi connectivity index (χ0) is 29.9. The molecule has 0 aliphatic carbocycles. The van der Waals surface area contributed by atoms with Crippen molar-refractivity contribution < 1.29 is 31.0 Å². The van der Waals surface area contributed by atoms with Gasteiger partial charge in [0.2, 0.25) is 11.9 Å². The Morgan fingerprint density at radius 3 is 2.84 bits per heavy atom. The third-order valence-corrected chi connectivity index (χ3v) is 3.56. The van der Waals surface area contributed by atoms with Crippen LogP contribution in [0.2, 0.25) is 0 Å². The number of benzene rings is 2. The van der Waals surface area contributed by atoms with Crippen LogP contribution in [0.5, 0.6) is 5.75 Å². The molecule has 3 aromatic rings. The van der Waals surface area contributed by atoms with Crippen molar-refractivity contribution in [2.75, 3.05) is 36.1 Å². The third kappa shape index (κ3) is 6.51. The smallest absolute Gasteiger partial charge is 0.247 e. The molecule has 9 heteroatoms. The van der Waals surface area contributed by atoms with Crippen molar-refractivity contribution in [3.05, 3.63) is 73.2 Å². The SMILES string of the molecule is [2H]c1cc([2H])c(Nc2nc(Nc3ccc(OC([2H])([2H])C([2H])([2H])OC([2H])([2H])[2H])cc3)ncc2F)cc1NC(=O)C=C. The molecule has 1 heterocycles. The molecule has 0 saturated heterocycles. The van der Waals surface area contributed by atoms with Crippen LogP contribution in [0.4, 0.5) is 33.2 Å². The Morgan fingerprint density at radius 1 is 1.26 bits per heavy atom. The summed E-state index contributed by atoms with van der Waals surface area (Å²) in [7, 11) is -3.20. The Hall–Kier alpha value is -3.98. The van der Waals surface area contributed by atoms with E-state index >= 15 is 0 Å². The summed E-state index contributed by atoms with van der Waals surface area (Å²) in [5.41, 5.74) is 0.430. The molecule has 0 radical (unpaired) electrons. The van der Waals surface area contributed by atoms with Gasteiger partial charge < -0.3 is 25.4 Å². The minimum absolute atomic E-state index is 0.0389. The second kappa shape index (κ2) is 10.7. The van der Waals surface area contributed by atoms with Crippen LogP contribution in [0, 0.1) is 5.82 Å². The van der Waals surface area contributed by atoms with E-state index in [1.54, 1.807) is 0 Å². The molecule has 31 heavy (non-hydrogen) atoms. The summed E-state index contributed by atoms with van der Waals surface area (Å²) in [4.78, 5) is 19.5. The topological polar surface area (TPSA) is 97.4 Å². The zero-order valence-corrected chi connectivity index (χ0v) is 15.8. The van der Waals surface area contributed by atoms with Gasteiger partial charge in [0.15, 0.2) is 11.6 Å². The Balaban J connectivity index is 1.75. The minimum atomic E-state index is -3.31. The van der Waals surface area contributed by atoms with Crippen molar-refractivity contribution in [2.45, 2.75) is 0 Å². The first-order valence-electron chi connectivity index (χ1n) is 13.1. The van der Waals surface area contributed by atoms with Gasteiger partial charge in [0.25, 0.3) is 0 Å². The summed E-state index contributed by atoms with van der Waals surface area (Å²) in [6, 6.07) is 7.37. The van der Waals surface area contributed by atoms with Gasteiger partial charge in [-0.3, -0.25) is 4.79 Å². The van der Waals surface area contributed by atoms with Crippen LogP contribution < -0.4 is 20.7 Å². The second-order valence-electron chi connectivity index (χ2n) is 5.67. The predicted molar refractivity (Wildman–Crippen MR) is 118 cm³/mol. The van der Waals surface area contributed by atoms with Gasteiger partial charge in [-0.2, -0.15) is 4.98 Å². The molecule has 1 amide bonds. The fourth-order valence-electron chi connectivity index (χ4n) is 2.23. The van der Waals surface area contributed by atoms with Crippen molar-refractivity contribution in [3.8, 4) is 5.75 Å². The maximum atomic E-state index is 14.5. The number of rotatable bonds is 10. The van der Waals surface area contributed by atoms with Crippen LogP contribution in [-0.2, 0) is 9.53 Å². The molecule has 0 saturated carbocycles. The van der Waals surface area contributed by atoms with E-state index in [-0.39, 0.29) is 41.0 Å². The van der Waals surface area contributed by atoms with Crippen LogP contribution >= 0.6 is 0 Å². The van der Waals surface area contributed by atoms with Crippen molar-refractivity contribution in [3.63, 3.8) is 0 Å². The summed E-state index contributed by atoms with van der Waals surface area (Å²) in [6.45, 7) is -3.14. The van der Waals surface area contributed by atoms with Gasteiger partial charge in [-0.15, -0.1) is 0 Å². The Labute approximate surface area is 191 Å². The Kier molecular flexibility index (Phi) is 4.37. The number of carbonyl (C=O) groups is 1. The van der Waals surface area contributed by atoms with E-state index in [1.165, 1.54) is 30.3 Å². The van der Waals surface area contributed by atoms with Crippen molar-refractivity contribution in [1.29, 1.82) is 0 Å². The highest BCUT2D eigenvalue weighted by atomic mass is 19.1. The quantitative estimate of drug-likeness (QED) is 0.412. The predicted octanol–water partition coefficient (Wildman–Crippen LogP) is 4.25. The van der Waals surface area contributed by atoms with Crippen LogP contribution in [-0.4, -0.2) is 36.0 Å². The molecule has 8 nitrogen and oxygen atoms in total. The lowest BCUT2D eigenvalue weighted by Crippen LogP contribution is -2.07. The summed E-state index contributed by atoms with van der Waals surface area (Å²) >= 11 is 0. The van der Waals surface area contributed by atoms with Gasteiger partial charge in [0.1, 0.15) is 12.3 Å². The maximum absolute atomic E-state index is 14.5. The number of halogens is 1. The van der Waals surface area contributed by atoms with Crippen molar-refractivity contribution in [1.82, 2.24) is 9.97 Å². The lowest BCUT2D eigenvalue weighted by molar-refractivity contribution is -0.111. The number of carbonyl (C=O) groups excluding carboxylic acids is 1. The number of nitrogens with zero attached hydrogens (tertiary/aromatic N) is 2. The van der Waals surface area contributed by atoms with Crippen LogP contribution in [0.25, 0.3) is 0 Å². The monoisotopic (exact) mass is 432 g/mol. The van der Waals surface area contributed by atoms with Crippen LogP contribution in [0.15, 0.2) is 67.3 Å². The number of methoxy groups -OCH3 is 1. The molecule has 0 atom stereocenters. The van der Waals surface area contributed by atoms with E-state index in [2.05, 4.69) is 37.2 Å². The highest BCUT2D eigenvalue weighted by molar-refractivity contribution is 5.99. The molecule has 3 rings (SSSR count). The van der Waals surface area contributed by atoms with Crippen LogP contribution in [0.1, 0.15) is 12.3 Å². The van der Waals surface area contributed by atoms with Gasteiger partial charge >= 0.3 is 0 Å². The number of ether oxygens (including phenoxy) is 2. The normalized spacial score (nSPS) is 15.8. The molecule has 160 valence electrons. The third-order valence-electron chi connectivity index (χ3n) is 3.56. The van der Waals surface area contributed by atoms with E-state index in [0.29, 0.717) is 5.69 Å². The molecule has 3 N–H and O–H groups in total. The van der Waals surface area contributed by atoms with Gasteiger partial charge in [-0.1, -0.05) is 12.6 Å². The number of amides is 1. The summed E-state index contributed by atoms with van der Waals surface area (Å²) in [5.74, 6) is -2.01. The number of hydrogen-bond acceptors (Lipinski definition) is 7. The van der Waals surface area contributed by atoms with E-state index in [0.717, 1.165) is 18.3 Å². The van der Waals surface area contributed by atoms with E-state index < -0.39 is 31.9 Å². The molecule has 0 bridgehead atoms. The van der Waals surface area contributed by atoms with Gasteiger partial charge in [-0.05, 0) is 48.5 Å². The maximum Gasteiger partial charge on any atom is 0.247 e. The summed E-state index contributed by atoms with van der Waals surface area (Å²) < 4.78 is 91.3. The first-order valence-corrected chi connectivity index (χ1v) is 8.60. The van der Waals surface area contributed by atoms with E-state index in [1.807, 2.05) is 0 Å². The van der Waals surface area contributed by atoms with Gasteiger partial charge in [-0.25, -0.2) is 9.37 Å². The second-order valence-corrected chi connectivity index (χ2v) is 5.67. The van der Waals surface area contributed by atoms with E-state index in [4.69, 9.17) is 17.1 Å². The largest absolute Gasteiger partial charge is 0.491 e. The number of nitrogens with one attached hydrogen (secondary N) is 3. The molecule has 0 spiro atoms. The van der Waals surface area contributed by atoms with Gasteiger partial charge in [0.05, 0.1) is 25.1 Å². The average Bonchev–Trinajstić information content (AvgIpc) is 2.83. The molecule has 0 fully saturated rings. The average molecular weight is 433 g/mol. The summed E-state index contributed by atoms with van der Waals surface area (Å²) in [5, 5.41) is 7.82. The molecule has 1 aromatic heterocycles. The zero-order valence-electron chi connectivity index (χ0n) is 24.8. The fraction of sp³-hybridized carbons (Fsp3) is 0.136. The lowest BCUT2D eigenvalue weighted by Gasteiger charge is -2.11. The minimum Gasteiger partial charge on any atom is -0.491 e. The summed E-state index contributed by atoms with van der Waals surface area (Å²) in [6.07, 6.45) is 1.87. The molecular formula is C22H22FN5O3. The highest BCUT2D eigenvalue weighted by Gasteiger charge is 2.09. The fourth-order valence-corrected chi connectivity index (χ4v) is 2.23. The molecule has 0 unspecified atom stereocenters. The Morgan fingerprint density at radius 2 is 2.06 bits per heavy atom. The first kappa shape index (κ1) is 12.7. The number of aromatic nitrogens is 2. The number of anilines is 5. The first-order chi connectivity index (χ1) is 18.5. The number of hydrogen-bond donors (Lipinski definition) is 3. The van der Waals surface area contributed by atoms with Crippen molar-refractivity contribution in [2.24, 2.45) is 0 Å². The molecule has 0 aliphatic rings. The lowest BCUT2D eigenvalue weighted by atomic mass is 10.2. The molecule has 2 aromatic carbocycles. The van der Waals surface area contributed by atoms with Gasteiger partial charge in [0, 0.05) is 24.1 Å². The Bertz CT molecular complexity index is 1410. The van der Waals surface area contributed by atoms with E-state index in [9.17, 15) is 9.18 Å². The molecular weight excluding hydrogens is 401 g/mol. The molecule has 0 aliphatic heterocycles. The highest BCUT2D eigenvalue weighted by Crippen LogP contribution is 2.23. The van der Waals surface area contributed by atoms with Crippen LogP contribution in [0.3, 0.4) is 0 Å².